The van der Waals surface area contributed by atoms with E-state index in [1.165, 1.54) is 11.1 Å². The molecule has 0 aliphatic carbocycles. The van der Waals surface area contributed by atoms with Gasteiger partial charge in [-0.05, 0) is 41.0 Å². The molecule has 0 aromatic heterocycles. The maximum absolute atomic E-state index is 9.77. The third kappa shape index (κ3) is 2.54. The average Bonchev–Trinajstić information content (AvgIpc) is 2.53. The molecule has 1 aliphatic rings. The summed E-state index contributed by atoms with van der Waals surface area (Å²) in [5, 5.41) is 13.2. The summed E-state index contributed by atoms with van der Waals surface area (Å²) in [4.78, 5) is 0. The van der Waals surface area contributed by atoms with E-state index in [1.54, 1.807) is 20.3 Å². The summed E-state index contributed by atoms with van der Waals surface area (Å²) in [6.07, 6.45) is 0. The first-order valence-electron chi connectivity index (χ1n) is 6.97. The van der Waals surface area contributed by atoms with E-state index in [0.29, 0.717) is 5.75 Å². The number of hydrogen-bond donors (Lipinski definition) is 2. The lowest BCUT2D eigenvalue weighted by Gasteiger charge is -2.27. The molecule has 1 aliphatic heterocycles. The fraction of sp³-hybridized carbons (Fsp3) is 0.294. The smallest absolute Gasteiger partial charge is 0.161 e. The lowest BCUT2D eigenvalue weighted by Crippen LogP contribution is -2.28. The topological polar surface area (TPSA) is 50.7 Å². The molecule has 2 N–H and O–H groups in total. The van der Waals surface area contributed by atoms with Crippen LogP contribution in [0.25, 0.3) is 0 Å². The Morgan fingerprint density at radius 2 is 1.86 bits per heavy atom. The van der Waals surface area contributed by atoms with Gasteiger partial charge in [-0.1, -0.05) is 12.1 Å². The second kappa shape index (κ2) is 5.66. The van der Waals surface area contributed by atoms with Crippen LogP contribution in [0.15, 0.2) is 36.4 Å². The van der Waals surface area contributed by atoms with E-state index in [9.17, 15) is 5.11 Å². The quantitative estimate of drug-likeness (QED) is 0.910. The molecule has 21 heavy (non-hydrogen) atoms. The van der Waals surface area contributed by atoms with Crippen molar-refractivity contribution < 1.29 is 14.6 Å². The maximum atomic E-state index is 9.77. The zero-order valence-corrected chi connectivity index (χ0v) is 12.2. The zero-order valence-electron chi connectivity index (χ0n) is 12.2. The summed E-state index contributed by atoms with van der Waals surface area (Å²) in [6.45, 7) is 1.67. The number of ether oxygens (including phenoxy) is 2. The van der Waals surface area contributed by atoms with Crippen LogP contribution in [0.5, 0.6) is 17.2 Å². The Bertz CT molecular complexity index is 654. The van der Waals surface area contributed by atoms with Gasteiger partial charge in [0.25, 0.3) is 0 Å². The van der Waals surface area contributed by atoms with E-state index >= 15 is 0 Å². The predicted octanol–water partition coefficient (Wildman–Crippen LogP) is 2.64. The van der Waals surface area contributed by atoms with Crippen LogP contribution in [0.4, 0.5) is 0 Å². The van der Waals surface area contributed by atoms with Crippen molar-refractivity contribution in [2.75, 3.05) is 20.8 Å². The molecule has 0 bridgehead atoms. The molecule has 1 heterocycles. The Labute approximate surface area is 124 Å². The molecule has 2 aromatic carbocycles. The van der Waals surface area contributed by atoms with Gasteiger partial charge in [0.15, 0.2) is 11.5 Å². The van der Waals surface area contributed by atoms with Gasteiger partial charge < -0.3 is 19.9 Å². The lowest BCUT2D eigenvalue weighted by molar-refractivity contribution is 0.354. The summed E-state index contributed by atoms with van der Waals surface area (Å²) < 4.78 is 10.7. The minimum atomic E-state index is 0.195. The number of rotatable bonds is 3. The zero-order chi connectivity index (χ0) is 14.8. The standard InChI is InChI=1S/C17H19NO3/c1-20-16-6-4-11(7-17(16)21-2)15-10-18-9-12-3-5-13(19)8-14(12)15/h3-8,15,18-19H,9-10H2,1-2H3. The van der Waals surface area contributed by atoms with E-state index in [1.807, 2.05) is 30.3 Å². The van der Waals surface area contributed by atoms with Gasteiger partial charge in [0.05, 0.1) is 14.2 Å². The molecule has 0 amide bonds. The minimum absolute atomic E-state index is 0.195. The molecule has 0 saturated carbocycles. The lowest BCUT2D eigenvalue weighted by atomic mass is 9.85. The summed E-state index contributed by atoms with van der Waals surface area (Å²) in [6, 6.07) is 11.5. The summed E-state index contributed by atoms with van der Waals surface area (Å²) in [5.74, 6) is 1.95. The van der Waals surface area contributed by atoms with Crippen molar-refractivity contribution in [2.24, 2.45) is 0 Å². The highest BCUT2D eigenvalue weighted by atomic mass is 16.5. The summed E-state index contributed by atoms with van der Waals surface area (Å²) in [7, 11) is 3.27. The van der Waals surface area contributed by atoms with Gasteiger partial charge in [0, 0.05) is 19.0 Å². The summed E-state index contributed by atoms with van der Waals surface area (Å²) in [5.41, 5.74) is 3.53. The number of phenols is 1. The molecule has 4 heteroatoms. The van der Waals surface area contributed by atoms with Crippen LogP contribution < -0.4 is 14.8 Å². The molecule has 0 spiro atoms. The van der Waals surface area contributed by atoms with Gasteiger partial charge in [-0.2, -0.15) is 0 Å². The Morgan fingerprint density at radius 1 is 1.05 bits per heavy atom. The van der Waals surface area contributed by atoms with Gasteiger partial charge >= 0.3 is 0 Å². The fourth-order valence-electron chi connectivity index (χ4n) is 2.90. The van der Waals surface area contributed by atoms with Crippen LogP contribution in [0.2, 0.25) is 0 Å². The van der Waals surface area contributed by atoms with Crippen molar-refractivity contribution >= 4 is 0 Å². The van der Waals surface area contributed by atoms with Crippen molar-refractivity contribution in [3.63, 3.8) is 0 Å². The summed E-state index contributed by atoms with van der Waals surface area (Å²) >= 11 is 0. The van der Waals surface area contributed by atoms with Crippen LogP contribution in [0, 0.1) is 0 Å². The van der Waals surface area contributed by atoms with E-state index in [2.05, 4.69) is 5.32 Å². The van der Waals surface area contributed by atoms with Crippen LogP contribution in [0.1, 0.15) is 22.6 Å². The van der Waals surface area contributed by atoms with E-state index in [4.69, 9.17) is 9.47 Å². The number of hydrogen-bond acceptors (Lipinski definition) is 4. The largest absolute Gasteiger partial charge is 0.508 e. The van der Waals surface area contributed by atoms with Crippen molar-refractivity contribution in [1.29, 1.82) is 0 Å². The number of phenolic OH excluding ortho intramolecular Hbond substituents is 1. The molecule has 1 unspecified atom stereocenters. The molecule has 1 atom stereocenters. The Balaban J connectivity index is 2.04. The van der Waals surface area contributed by atoms with E-state index < -0.39 is 0 Å². The SMILES string of the molecule is COc1ccc(C2CNCc3ccc(O)cc32)cc1OC. The molecule has 0 radical (unpaired) electrons. The molecular formula is C17H19NO3. The average molecular weight is 285 g/mol. The first kappa shape index (κ1) is 13.8. The minimum Gasteiger partial charge on any atom is -0.508 e. The van der Waals surface area contributed by atoms with Gasteiger partial charge in [-0.15, -0.1) is 0 Å². The van der Waals surface area contributed by atoms with Gasteiger partial charge in [-0.25, -0.2) is 0 Å². The molecule has 0 fully saturated rings. The van der Waals surface area contributed by atoms with Crippen molar-refractivity contribution in [2.45, 2.75) is 12.5 Å². The molecule has 2 aromatic rings. The van der Waals surface area contributed by atoms with Crippen LogP contribution in [0.3, 0.4) is 0 Å². The fourth-order valence-corrected chi connectivity index (χ4v) is 2.90. The Kier molecular flexibility index (Phi) is 3.71. The highest BCUT2D eigenvalue weighted by Crippen LogP contribution is 2.36. The molecule has 3 rings (SSSR count). The highest BCUT2D eigenvalue weighted by Gasteiger charge is 2.23. The third-order valence-electron chi connectivity index (χ3n) is 3.98. The third-order valence-corrected chi connectivity index (χ3v) is 3.98. The van der Waals surface area contributed by atoms with Crippen molar-refractivity contribution in [1.82, 2.24) is 5.32 Å². The first-order valence-corrected chi connectivity index (χ1v) is 6.97. The maximum Gasteiger partial charge on any atom is 0.161 e. The van der Waals surface area contributed by atoms with Crippen LogP contribution in [-0.2, 0) is 6.54 Å². The monoisotopic (exact) mass is 285 g/mol. The number of nitrogens with one attached hydrogen (secondary N) is 1. The molecule has 4 nitrogen and oxygen atoms in total. The number of fused-ring (bicyclic) bond motifs is 1. The van der Waals surface area contributed by atoms with Crippen LogP contribution in [-0.4, -0.2) is 25.9 Å². The van der Waals surface area contributed by atoms with E-state index in [0.717, 1.165) is 30.2 Å². The molecular weight excluding hydrogens is 266 g/mol. The Morgan fingerprint density at radius 3 is 2.62 bits per heavy atom. The second-order valence-corrected chi connectivity index (χ2v) is 5.18. The first-order chi connectivity index (χ1) is 10.2. The molecule has 110 valence electrons. The highest BCUT2D eigenvalue weighted by molar-refractivity contribution is 5.49. The van der Waals surface area contributed by atoms with E-state index in [-0.39, 0.29) is 5.92 Å². The molecule has 0 saturated heterocycles. The Hall–Kier alpha value is -2.20. The number of benzene rings is 2. The van der Waals surface area contributed by atoms with Gasteiger partial charge in [0.1, 0.15) is 5.75 Å². The second-order valence-electron chi connectivity index (χ2n) is 5.18. The van der Waals surface area contributed by atoms with Crippen molar-refractivity contribution in [3.8, 4) is 17.2 Å². The van der Waals surface area contributed by atoms with Crippen LogP contribution >= 0.6 is 0 Å². The normalized spacial score (nSPS) is 17.1. The predicted molar refractivity (Wildman–Crippen MR) is 81.2 cm³/mol. The number of aromatic hydroxyl groups is 1. The van der Waals surface area contributed by atoms with Crippen molar-refractivity contribution in [3.05, 3.63) is 53.1 Å². The number of methoxy groups -OCH3 is 2. The van der Waals surface area contributed by atoms with Gasteiger partial charge in [0.2, 0.25) is 0 Å². The van der Waals surface area contributed by atoms with Gasteiger partial charge in [-0.3, -0.25) is 0 Å².